The number of likely N-dealkylation sites (tertiary alicyclic amines) is 1. The monoisotopic (exact) mass is 515 g/mol. The predicted molar refractivity (Wildman–Crippen MR) is 124 cm³/mol. The van der Waals surface area contributed by atoms with E-state index in [0.717, 1.165) is 6.42 Å². The number of nitrogens with one attached hydrogen (secondary N) is 2. The number of halogens is 1. The lowest BCUT2D eigenvalue weighted by Gasteiger charge is -2.40. The third-order valence-electron chi connectivity index (χ3n) is 7.03. The van der Waals surface area contributed by atoms with Crippen molar-refractivity contribution in [1.29, 1.82) is 0 Å². The highest BCUT2D eigenvalue weighted by atomic mass is 79.9. The van der Waals surface area contributed by atoms with Crippen LogP contribution in [-0.2, 0) is 19.1 Å². The fourth-order valence-corrected chi connectivity index (χ4v) is 7.36. The summed E-state index contributed by atoms with van der Waals surface area (Å²) in [7, 11) is 1.54. The Morgan fingerprint density at radius 1 is 1.28 bits per heavy atom. The van der Waals surface area contributed by atoms with Crippen molar-refractivity contribution < 1.29 is 24.2 Å². The lowest BCUT2D eigenvalue weighted by molar-refractivity contribution is -0.146. The summed E-state index contributed by atoms with van der Waals surface area (Å²) in [6.45, 7) is 11.9. The Kier molecular flexibility index (Phi) is 6.79. The highest BCUT2D eigenvalue weighted by Gasteiger charge is 2.77. The Bertz CT molecular complexity index is 778. The SMILES string of the molecule is CC[C@@H](CO)N1C(=O)[C@@H]2[C@@H](C(=O)NC)[C@@H]3OC2(CC3Br)C1C(=O)NC(C)(C)CC(C)(C)C. The van der Waals surface area contributed by atoms with Gasteiger partial charge in [-0.3, -0.25) is 14.4 Å². The van der Waals surface area contributed by atoms with Crippen molar-refractivity contribution in [2.24, 2.45) is 17.3 Å². The molecule has 0 aromatic heterocycles. The Morgan fingerprint density at radius 3 is 2.41 bits per heavy atom. The van der Waals surface area contributed by atoms with Crippen molar-refractivity contribution in [1.82, 2.24) is 15.5 Å². The van der Waals surface area contributed by atoms with E-state index in [0.29, 0.717) is 12.8 Å². The molecule has 3 rings (SSSR count). The molecule has 3 fully saturated rings. The van der Waals surface area contributed by atoms with E-state index < -0.39 is 41.2 Å². The first-order chi connectivity index (χ1) is 14.7. The predicted octanol–water partition coefficient (Wildman–Crippen LogP) is 1.58. The van der Waals surface area contributed by atoms with Gasteiger partial charge in [0.05, 0.1) is 30.6 Å². The van der Waals surface area contributed by atoms with Crippen LogP contribution >= 0.6 is 15.9 Å². The van der Waals surface area contributed by atoms with Gasteiger partial charge in [0, 0.05) is 17.4 Å². The summed E-state index contributed by atoms with van der Waals surface area (Å²) in [4.78, 5) is 41.7. The fourth-order valence-electron chi connectivity index (χ4n) is 6.41. The molecule has 9 heteroatoms. The number of amides is 3. The summed E-state index contributed by atoms with van der Waals surface area (Å²) >= 11 is 3.64. The molecule has 3 amide bonds. The van der Waals surface area contributed by atoms with E-state index in [4.69, 9.17) is 4.74 Å². The highest BCUT2D eigenvalue weighted by molar-refractivity contribution is 9.09. The lowest BCUT2D eigenvalue weighted by Crippen LogP contribution is -2.61. The van der Waals surface area contributed by atoms with Gasteiger partial charge in [-0.05, 0) is 38.5 Å². The molecule has 3 heterocycles. The van der Waals surface area contributed by atoms with Crippen LogP contribution in [0.1, 0.15) is 60.8 Å². The van der Waals surface area contributed by atoms with Crippen LogP contribution in [0.4, 0.5) is 0 Å². The van der Waals surface area contributed by atoms with Crippen LogP contribution in [0, 0.1) is 17.3 Å². The summed E-state index contributed by atoms with van der Waals surface area (Å²) in [5, 5.41) is 15.9. The van der Waals surface area contributed by atoms with Crippen LogP contribution < -0.4 is 10.6 Å². The third kappa shape index (κ3) is 4.09. The van der Waals surface area contributed by atoms with E-state index in [2.05, 4.69) is 47.3 Å². The van der Waals surface area contributed by atoms with Crippen molar-refractivity contribution in [2.75, 3.05) is 13.7 Å². The van der Waals surface area contributed by atoms with Crippen molar-refractivity contribution >= 4 is 33.7 Å². The number of ether oxygens (including phenoxy) is 1. The average molecular weight is 516 g/mol. The molecule has 3 aliphatic heterocycles. The maximum Gasteiger partial charge on any atom is 0.246 e. The molecule has 7 atom stereocenters. The first-order valence-corrected chi connectivity index (χ1v) is 12.4. The number of hydrogen-bond donors (Lipinski definition) is 3. The minimum absolute atomic E-state index is 0.00654. The zero-order valence-corrected chi connectivity index (χ0v) is 21.8. The second kappa shape index (κ2) is 8.55. The molecule has 3 saturated heterocycles. The van der Waals surface area contributed by atoms with Crippen molar-refractivity contribution in [3.05, 3.63) is 0 Å². The van der Waals surface area contributed by atoms with Crippen molar-refractivity contribution in [3.63, 3.8) is 0 Å². The lowest BCUT2D eigenvalue weighted by atomic mass is 9.70. The summed E-state index contributed by atoms with van der Waals surface area (Å²) < 4.78 is 6.41. The minimum atomic E-state index is -1.10. The molecule has 8 nitrogen and oxygen atoms in total. The first kappa shape index (κ1) is 25.4. The molecule has 32 heavy (non-hydrogen) atoms. The molecular weight excluding hydrogens is 478 g/mol. The standard InChI is InChI=1S/C23H38BrN3O5/c1-8-12(10-28)27-17(19(30)26-22(5,6)11-21(2,3)4)23-9-13(24)16(32-23)14(18(29)25-7)15(23)20(27)31/h12-17,28H,8-11H2,1-7H3,(H,25,29)(H,26,30)/t12-,13?,14+,15-,16+,17?,23?/m0/s1. The molecule has 1 spiro atoms. The smallest absolute Gasteiger partial charge is 0.246 e. The number of fused-ring (bicyclic) bond motifs is 1. The summed E-state index contributed by atoms with van der Waals surface area (Å²) in [5.74, 6) is -2.26. The number of rotatable bonds is 7. The van der Waals surface area contributed by atoms with Crippen molar-refractivity contribution in [2.45, 2.75) is 95.0 Å². The maximum atomic E-state index is 13.8. The Morgan fingerprint density at radius 2 is 1.91 bits per heavy atom. The van der Waals surface area contributed by atoms with Crippen LogP contribution in [-0.4, -0.2) is 75.5 Å². The highest BCUT2D eigenvalue weighted by Crippen LogP contribution is 2.60. The molecule has 3 unspecified atom stereocenters. The number of aliphatic hydroxyl groups is 1. The molecule has 0 radical (unpaired) electrons. The topological polar surface area (TPSA) is 108 Å². The number of aliphatic hydroxyl groups excluding tert-OH is 1. The van der Waals surface area contributed by atoms with Gasteiger partial charge in [0.15, 0.2) is 0 Å². The fraction of sp³-hybridized carbons (Fsp3) is 0.870. The van der Waals surface area contributed by atoms with E-state index in [1.807, 2.05) is 20.8 Å². The molecule has 3 N–H and O–H groups in total. The van der Waals surface area contributed by atoms with E-state index in [9.17, 15) is 19.5 Å². The molecule has 3 aliphatic rings. The van der Waals surface area contributed by atoms with Gasteiger partial charge in [0.2, 0.25) is 17.7 Å². The van der Waals surface area contributed by atoms with E-state index in [1.165, 1.54) is 4.90 Å². The van der Waals surface area contributed by atoms with E-state index >= 15 is 0 Å². The number of hydrogen-bond acceptors (Lipinski definition) is 5. The van der Waals surface area contributed by atoms with Gasteiger partial charge in [-0.1, -0.05) is 43.6 Å². The van der Waals surface area contributed by atoms with Crippen LogP contribution in [0.15, 0.2) is 0 Å². The average Bonchev–Trinajstić information content (AvgIpc) is 3.24. The second-order valence-electron chi connectivity index (χ2n) is 11.4. The zero-order valence-electron chi connectivity index (χ0n) is 20.2. The van der Waals surface area contributed by atoms with Crippen LogP contribution in [0.2, 0.25) is 0 Å². The van der Waals surface area contributed by atoms with Crippen LogP contribution in [0.3, 0.4) is 0 Å². The quantitative estimate of drug-likeness (QED) is 0.446. The number of carbonyl (C=O) groups is 3. The molecule has 0 aliphatic carbocycles. The van der Waals surface area contributed by atoms with E-state index in [-0.39, 0.29) is 34.6 Å². The number of nitrogens with zero attached hydrogens (tertiary/aromatic N) is 1. The minimum Gasteiger partial charge on any atom is -0.394 e. The van der Waals surface area contributed by atoms with Gasteiger partial charge in [0.1, 0.15) is 11.6 Å². The molecular formula is C23H38BrN3O5. The van der Waals surface area contributed by atoms with Gasteiger partial charge < -0.3 is 25.4 Å². The molecule has 2 bridgehead atoms. The molecule has 182 valence electrons. The van der Waals surface area contributed by atoms with Gasteiger partial charge in [-0.15, -0.1) is 0 Å². The zero-order chi connectivity index (χ0) is 24.2. The van der Waals surface area contributed by atoms with Gasteiger partial charge in [-0.25, -0.2) is 0 Å². The molecule has 0 saturated carbocycles. The summed E-state index contributed by atoms with van der Waals surface area (Å²) in [5.41, 5.74) is -1.62. The summed E-state index contributed by atoms with van der Waals surface area (Å²) in [6, 6.07) is -1.43. The Labute approximate surface area is 199 Å². The van der Waals surface area contributed by atoms with E-state index in [1.54, 1.807) is 7.05 Å². The first-order valence-electron chi connectivity index (χ1n) is 11.5. The van der Waals surface area contributed by atoms with Gasteiger partial charge in [-0.2, -0.15) is 0 Å². The third-order valence-corrected chi connectivity index (χ3v) is 7.88. The molecule has 0 aromatic carbocycles. The van der Waals surface area contributed by atoms with Crippen molar-refractivity contribution in [3.8, 4) is 0 Å². The Hall–Kier alpha value is -1.19. The van der Waals surface area contributed by atoms with Crippen LogP contribution in [0.5, 0.6) is 0 Å². The second-order valence-corrected chi connectivity index (χ2v) is 12.6. The number of alkyl halides is 1. The summed E-state index contributed by atoms with van der Waals surface area (Å²) in [6.07, 6.45) is 1.22. The number of carbonyl (C=O) groups excluding carboxylic acids is 3. The Balaban J connectivity index is 2.04. The van der Waals surface area contributed by atoms with Crippen LogP contribution in [0.25, 0.3) is 0 Å². The molecule has 0 aromatic rings. The van der Waals surface area contributed by atoms with Gasteiger partial charge >= 0.3 is 0 Å². The van der Waals surface area contributed by atoms with Gasteiger partial charge in [0.25, 0.3) is 0 Å². The largest absolute Gasteiger partial charge is 0.394 e. The normalized spacial score (nSPS) is 35.1. The maximum absolute atomic E-state index is 13.8.